The minimum atomic E-state index is 0.238. The largest absolute Gasteiger partial charge is 0.331 e. The third-order valence-electron chi connectivity index (χ3n) is 4.64. The maximum atomic E-state index is 12.8. The Morgan fingerprint density at radius 2 is 2.27 bits per heavy atom. The third-order valence-corrected chi connectivity index (χ3v) is 4.64. The molecule has 2 aliphatic rings. The molecule has 0 aromatic carbocycles. The number of fused-ring (bicyclic) bond motifs is 1. The van der Waals surface area contributed by atoms with Crippen LogP contribution in [0.15, 0.2) is 23.9 Å². The second-order valence-corrected chi connectivity index (χ2v) is 6.67. The Bertz CT molecular complexity index is 561. The van der Waals surface area contributed by atoms with Crippen LogP contribution in [-0.4, -0.2) is 52.7 Å². The molecular formula is C17H26N4O. The summed E-state index contributed by atoms with van der Waals surface area (Å²) in [7, 11) is 4.17. The molecule has 1 unspecified atom stereocenters. The topological polar surface area (TPSA) is 41.4 Å². The minimum Gasteiger partial charge on any atom is -0.331 e. The molecule has 3 rings (SSSR count). The average Bonchev–Trinajstić information content (AvgIpc) is 3.01. The second-order valence-electron chi connectivity index (χ2n) is 6.67. The molecule has 0 saturated heterocycles. The zero-order valence-electron chi connectivity index (χ0n) is 13.7. The molecule has 1 aromatic rings. The Morgan fingerprint density at radius 1 is 1.41 bits per heavy atom. The highest BCUT2D eigenvalue weighted by Gasteiger charge is 2.29. The van der Waals surface area contributed by atoms with E-state index in [0.717, 1.165) is 50.0 Å². The quantitative estimate of drug-likeness (QED) is 0.856. The molecule has 5 heteroatoms. The first-order valence-electron chi connectivity index (χ1n) is 8.30. The molecule has 0 fully saturated rings. The standard InChI is InChI=1S/C17H26N4O/c1-19(2)11-9-16-13-20(12-15-8-10-18-21(15)16)17(22)14-6-4-3-5-7-14/h6,8,10,16H,3-5,7,9,11-13H2,1-2H3. The van der Waals surface area contributed by atoms with Crippen LogP contribution in [0.5, 0.6) is 0 Å². The molecule has 1 aliphatic heterocycles. The Labute approximate surface area is 132 Å². The fourth-order valence-corrected chi connectivity index (χ4v) is 3.40. The van der Waals surface area contributed by atoms with E-state index in [2.05, 4.69) is 34.9 Å². The van der Waals surface area contributed by atoms with Crippen molar-refractivity contribution in [3.8, 4) is 0 Å². The molecule has 0 N–H and O–H groups in total. The number of rotatable bonds is 4. The summed E-state index contributed by atoms with van der Waals surface area (Å²) in [6.07, 6.45) is 9.37. The van der Waals surface area contributed by atoms with Gasteiger partial charge in [0.1, 0.15) is 0 Å². The van der Waals surface area contributed by atoms with Gasteiger partial charge in [0.05, 0.1) is 18.3 Å². The number of aromatic nitrogens is 2. The average molecular weight is 302 g/mol. The molecule has 0 saturated carbocycles. The SMILES string of the molecule is CN(C)CCC1CN(C(=O)C2=CCCCC2)Cc2ccnn21. The van der Waals surface area contributed by atoms with Crippen molar-refractivity contribution in [2.45, 2.75) is 44.7 Å². The number of hydrogen-bond donors (Lipinski definition) is 0. The van der Waals surface area contributed by atoms with E-state index in [1.807, 2.05) is 17.2 Å². The van der Waals surface area contributed by atoms with Crippen molar-refractivity contribution in [2.24, 2.45) is 0 Å². The van der Waals surface area contributed by atoms with Crippen LogP contribution < -0.4 is 0 Å². The van der Waals surface area contributed by atoms with Gasteiger partial charge in [0.15, 0.2) is 0 Å². The van der Waals surface area contributed by atoms with Crippen LogP contribution in [0.25, 0.3) is 0 Å². The summed E-state index contributed by atoms with van der Waals surface area (Å²) in [6, 6.07) is 2.33. The van der Waals surface area contributed by atoms with E-state index in [4.69, 9.17) is 0 Å². The summed E-state index contributed by atoms with van der Waals surface area (Å²) >= 11 is 0. The van der Waals surface area contributed by atoms with Crippen LogP contribution in [-0.2, 0) is 11.3 Å². The predicted molar refractivity (Wildman–Crippen MR) is 86.4 cm³/mol. The minimum absolute atomic E-state index is 0.238. The van der Waals surface area contributed by atoms with Crippen LogP contribution in [0.2, 0.25) is 0 Å². The van der Waals surface area contributed by atoms with Gasteiger partial charge in [0, 0.05) is 18.3 Å². The van der Waals surface area contributed by atoms with Gasteiger partial charge in [-0.25, -0.2) is 0 Å². The fourth-order valence-electron chi connectivity index (χ4n) is 3.40. The first-order valence-corrected chi connectivity index (χ1v) is 8.30. The van der Waals surface area contributed by atoms with Gasteiger partial charge < -0.3 is 9.80 Å². The number of nitrogens with zero attached hydrogens (tertiary/aromatic N) is 4. The molecule has 0 spiro atoms. The normalized spacial score (nSPS) is 21.7. The summed E-state index contributed by atoms with van der Waals surface area (Å²) < 4.78 is 2.11. The van der Waals surface area contributed by atoms with Gasteiger partial charge in [0.2, 0.25) is 5.91 Å². The molecule has 1 aromatic heterocycles. The lowest BCUT2D eigenvalue weighted by molar-refractivity contribution is -0.129. The van der Waals surface area contributed by atoms with Crippen molar-refractivity contribution in [3.05, 3.63) is 29.6 Å². The Morgan fingerprint density at radius 3 is 3.00 bits per heavy atom. The van der Waals surface area contributed by atoms with Crippen molar-refractivity contribution >= 4 is 5.91 Å². The highest BCUT2D eigenvalue weighted by Crippen LogP contribution is 2.26. The maximum absolute atomic E-state index is 12.8. The summed E-state index contributed by atoms with van der Waals surface area (Å²) in [5.74, 6) is 0.238. The van der Waals surface area contributed by atoms with E-state index in [-0.39, 0.29) is 11.9 Å². The number of amides is 1. The highest BCUT2D eigenvalue weighted by atomic mass is 16.2. The van der Waals surface area contributed by atoms with Gasteiger partial charge in [-0.3, -0.25) is 9.48 Å². The summed E-state index contributed by atoms with van der Waals surface area (Å²) in [5, 5.41) is 4.47. The number of hydrogen-bond acceptors (Lipinski definition) is 3. The van der Waals surface area contributed by atoms with Gasteiger partial charge in [-0.1, -0.05) is 6.08 Å². The molecule has 1 aliphatic carbocycles. The fraction of sp³-hybridized carbons (Fsp3) is 0.647. The van der Waals surface area contributed by atoms with E-state index >= 15 is 0 Å². The third kappa shape index (κ3) is 3.24. The summed E-state index contributed by atoms with van der Waals surface area (Å²) in [4.78, 5) is 17.0. The molecule has 0 radical (unpaired) electrons. The molecule has 120 valence electrons. The van der Waals surface area contributed by atoms with Crippen LogP contribution >= 0.6 is 0 Å². The predicted octanol–water partition coefficient (Wildman–Crippen LogP) is 2.22. The van der Waals surface area contributed by atoms with Gasteiger partial charge in [-0.15, -0.1) is 0 Å². The molecule has 1 amide bonds. The van der Waals surface area contributed by atoms with E-state index in [9.17, 15) is 4.79 Å². The summed E-state index contributed by atoms with van der Waals surface area (Å²) in [5.41, 5.74) is 2.17. The van der Waals surface area contributed by atoms with E-state index in [0.29, 0.717) is 6.54 Å². The Kier molecular flexibility index (Phi) is 4.62. The zero-order valence-corrected chi connectivity index (χ0v) is 13.7. The monoisotopic (exact) mass is 302 g/mol. The van der Waals surface area contributed by atoms with Crippen molar-refractivity contribution in [3.63, 3.8) is 0 Å². The first kappa shape index (κ1) is 15.3. The lowest BCUT2D eigenvalue weighted by Crippen LogP contribution is -2.42. The molecular weight excluding hydrogens is 276 g/mol. The van der Waals surface area contributed by atoms with Gasteiger partial charge >= 0.3 is 0 Å². The van der Waals surface area contributed by atoms with Crippen molar-refractivity contribution in [1.82, 2.24) is 19.6 Å². The van der Waals surface area contributed by atoms with E-state index in [1.54, 1.807) is 0 Å². The molecule has 1 atom stereocenters. The van der Waals surface area contributed by atoms with Crippen molar-refractivity contribution in [1.29, 1.82) is 0 Å². The van der Waals surface area contributed by atoms with Gasteiger partial charge in [0.25, 0.3) is 0 Å². The zero-order chi connectivity index (χ0) is 15.5. The number of carbonyl (C=O) groups is 1. The first-order chi connectivity index (χ1) is 10.6. The molecule has 2 heterocycles. The maximum Gasteiger partial charge on any atom is 0.249 e. The van der Waals surface area contributed by atoms with Crippen LogP contribution in [0.3, 0.4) is 0 Å². The number of carbonyl (C=O) groups excluding carboxylic acids is 1. The second kappa shape index (κ2) is 6.65. The lowest BCUT2D eigenvalue weighted by atomic mass is 9.98. The van der Waals surface area contributed by atoms with Gasteiger partial charge in [-0.05, 0) is 58.8 Å². The van der Waals surface area contributed by atoms with E-state index in [1.165, 1.54) is 6.42 Å². The van der Waals surface area contributed by atoms with Crippen LogP contribution in [0.1, 0.15) is 43.8 Å². The molecule has 22 heavy (non-hydrogen) atoms. The number of allylic oxidation sites excluding steroid dienone is 1. The highest BCUT2D eigenvalue weighted by molar-refractivity contribution is 5.93. The van der Waals surface area contributed by atoms with Crippen LogP contribution in [0.4, 0.5) is 0 Å². The summed E-state index contributed by atoms with van der Waals surface area (Å²) in [6.45, 7) is 2.47. The Balaban J connectivity index is 1.74. The van der Waals surface area contributed by atoms with Crippen molar-refractivity contribution < 1.29 is 4.79 Å². The van der Waals surface area contributed by atoms with Gasteiger partial charge in [-0.2, -0.15) is 5.10 Å². The van der Waals surface area contributed by atoms with Crippen molar-refractivity contribution in [2.75, 3.05) is 27.2 Å². The van der Waals surface area contributed by atoms with E-state index < -0.39 is 0 Å². The van der Waals surface area contributed by atoms with Crippen LogP contribution in [0, 0.1) is 0 Å². The smallest absolute Gasteiger partial charge is 0.249 e. The molecule has 0 bridgehead atoms. The Hall–Kier alpha value is -1.62. The lowest BCUT2D eigenvalue weighted by Gasteiger charge is -2.35. The molecule has 5 nitrogen and oxygen atoms in total.